The number of nitrogens with zero attached hydrogens (tertiary/aromatic N) is 3. The Bertz CT molecular complexity index is 578. The number of hydrogen-bond donors (Lipinski definition) is 2. The summed E-state index contributed by atoms with van der Waals surface area (Å²) < 4.78 is 0. The Hall–Kier alpha value is -1.78. The van der Waals surface area contributed by atoms with Gasteiger partial charge in [0.2, 0.25) is 0 Å². The molecule has 2 N–H and O–H groups in total. The summed E-state index contributed by atoms with van der Waals surface area (Å²) in [6.07, 6.45) is 12.4. The molecule has 0 aromatic carbocycles. The highest BCUT2D eigenvalue weighted by atomic mass is 15.2. The van der Waals surface area contributed by atoms with Gasteiger partial charge < -0.3 is 15.5 Å². The van der Waals surface area contributed by atoms with Crippen LogP contribution in [0.15, 0.2) is 23.3 Å². The van der Waals surface area contributed by atoms with Gasteiger partial charge in [-0.2, -0.15) is 0 Å². The van der Waals surface area contributed by atoms with Crippen molar-refractivity contribution in [2.75, 3.05) is 25.0 Å². The normalized spacial score (nSPS) is 24.8. The molecule has 26 heavy (non-hydrogen) atoms. The summed E-state index contributed by atoms with van der Waals surface area (Å²) in [5.74, 6) is 2.85. The first-order valence-corrected chi connectivity index (χ1v) is 10.4. The predicted octanol–water partition coefficient (Wildman–Crippen LogP) is 3.71. The second kappa shape index (κ2) is 9.79. The number of pyridine rings is 1. The van der Waals surface area contributed by atoms with Crippen molar-refractivity contribution in [3.63, 3.8) is 0 Å². The van der Waals surface area contributed by atoms with Gasteiger partial charge >= 0.3 is 0 Å². The lowest BCUT2D eigenvalue weighted by Gasteiger charge is -2.29. The van der Waals surface area contributed by atoms with Crippen molar-refractivity contribution in [2.24, 2.45) is 10.9 Å². The molecule has 2 aliphatic rings. The molecule has 0 radical (unpaired) electrons. The SMILES string of the molecule is CN=C(NCc1ccnc(N2CCCCCC2)c1)NC1CCCC(C)C1. The van der Waals surface area contributed by atoms with Crippen molar-refractivity contribution in [3.8, 4) is 0 Å². The number of nitrogens with one attached hydrogen (secondary N) is 2. The summed E-state index contributed by atoms with van der Waals surface area (Å²) in [7, 11) is 1.86. The van der Waals surface area contributed by atoms with E-state index in [1.165, 1.54) is 56.9 Å². The van der Waals surface area contributed by atoms with E-state index in [4.69, 9.17) is 0 Å². The zero-order valence-electron chi connectivity index (χ0n) is 16.5. The summed E-state index contributed by atoms with van der Waals surface area (Å²) >= 11 is 0. The third-order valence-corrected chi connectivity index (χ3v) is 5.70. The number of aromatic nitrogens is 1. The zero-order chi connectivity index (χ0) is 18.2. The Morgan fingerprint density at radius 2 is 2.00 bits per heavy atom. The van der Waals surface area contributed by atoms with E-state index in [-0.39, 0.29) is 0 Å². The minimum atomic E-state index is 0.551. The topological polar surface area (TPSA) is 52.6 Å². The summed E-state index contributed by atoms with van der Waals surface area (Å²) in [6.45, 7) is 5.40. The van der Waals surface area contributed by atoms with Crippen LogP contribution in [0, 0.1) is 5.92 Å². The van der Waals surface area contributed by atoms with Gasteiger partial charge in [0.25, 0.3) is 0 Å². The van der Waals surface area contributed by atoms with Crippen LogP contribution >= 0.6 is 0 Å². The summed E-state index contributed by atoms with van der Waals surface area (Å²) in [6, 6.07) is 4.88. The highest BCUT2D eigenvalue weighted by Gasteiger charge is 2.19. The Morgan fingerprint density at radius 3 is 2.73 bits per heavy atom. The van der Waals surface area contributed by atoms with Gasteiger partial charge in [-0.25, -0.2) is 4.98 Å². The molecule has 1 aliphatic carbocycles. The van der Waals surface area contributed by atoms with Crippen molar-refractivity contribution < 1.29 is 0 Å². The van der Waals surface area contributed by atoms with E-state index in [1.54, 1.807) is 0 Å². The van der Waals surface area contributed by atoms with E-state index in [1.807, 2.05) is 13.2 Å². The van der Waals surface area contributed by atoms with Gasteiger partial charge in [-0.15, -0.1) is 0 Å². The number of anilines is 1. The fourth-order valence-corrected chi connectivity index (χ4v) is 4.18. The molecule has 1 aliphatic heterocycles. The maximum atomic E-state index is 4.61. The Kier molecular flexibility index (Phi) is 7.15. The smallest absolute Gasteiger partial charge is 0.191 e. The lowest BCUT2D eigenvalue weighted by Crippen LogP contribution is -2.44. The van der Waals surface area contributed by atoms with E-state index < -0.39 is 0 Å². The third kappa shape index (κ3) is 5.61. The first-order valence-electron chi connectivity index (χ1n) is 10.4. The molecule has 0 bridgehead atoms. The first-order chi connectivity index (χ1) is 12.7. The summed E-state index contributed by atoms with van der Waals surface area (Å²) in [5.41, 5.74) is 1.26. The molecule has 2 heterocycles. The fraction of sp³-hybridized carbons (Fsp3) is 0.714. The number of hydrogen-bond acceptors (Lipinski definition) is 3. The molecule has 2 atom stereocenters. The standard InChI is InChI=1S/C21H35N5/c1-17-8-7-9-19(14-17)25-21(22-2)24-16-18-10-11-23-20(15-18)26-12-5-3-4-6-13-26/h10-11,15,17,19H,3-9,12-14,16H2,1-2H3,(H2,22,24,25). The van der Waals surface area contributed by atoms with E-state index in [0.717, 1.165) is 37.3 Å². The van der Waals surface area contributed by atoms with Crippen LogP contribution in [0.2, 0.25) is 0 Å². The van der Waals surface area contributed by atoms with Crippen molar-refractivity contribution in [1.82, 2.24) is 15.6 Å². The molecule has 0 spiro atoms. The van der Waals surface area contributed by atoms with E-state index in [9.17, 15) is 0 Å². The van der Waals surface area contributed by atoms with Crippen molar-refractivity contribution in [1.29, 1.82) is 0 Å². The molecule has 5 heteroatoms. The fourth-order valence-electron chi connectivity index (χ4n) is 4.18. The van der Waals surface area contributed by atoms with E-state index in [0.29, 0.717) is 6.04 Å². The minimum absolute atomic E-state index is 0.551. The molecular weight excluding hydrogens is 322 g/mol. The molecule has 2 unspecified atom stereocenters. The van der Waals surface area contributed by atoms with E-state index >= 15 is 0 Å². The summed E-state index contributed by atoms with van der Waals surface area (Å²) in [5, 5.41) is 7.09. The first kappa shape index (κ1) is 19.0. The van der Waals surface area contributed by atoms with E-state index in [2.05, 4.69) is 44.6 Å². The van der Waals surface area contributed by atoms with Crippen LogP contribution in [0.1, 0.15) is 63.9 Å². The molecule has 1 saturated carbocycles. The lowest BCUT2D eigenvalue weighted by atomic mass is 9.87. The van der Waals surface area contributed by atoms with Gasteiger partial charge in [-0.1, -0.05) is 32.6 Å². The number of aliphatic imine (C=N–C) groups is 1. The second-order valence-electron chi connectivity index (χ2n) is 7.96. The highest BCUT2D eigenvalue weighted by Crippen LogP contribution is 2.23. The average Bonchev–Trinajstić information content (AvgIpc) is 2.95. The van der Waals surface area contributed by atoms with Crippen LogP contribution in [0.3, 0.4) is 0 Å². The Labute approximate surface area is 158 Å². The van der Waals surface area contributed by atoms with Gasteiger partial charge in [0, 0.05) is 38.9 Å². The van der Waals surface area contributed by atoms with Crippen LogP contribution in [0.5, 0.6) is 0 Å². The van der Waals surface area contributed by atoms with Crippen molar-refractivity contribution >= 4 is 11.8 Å². The molecule has 2 fully saturated rings. The number of rotatable bonds is 4. The molecule has 1 aromatic heterocycles. The maximum absolute atomic E-state index is 4.61. The van der Waals surface area contributed by atoms with Crippen LogP contribution in [-0.2, 0) is 6.54 Å². The third-order valence-electron chi connectivity index (χ3n) is 5.70. The van der Waals surface area contributed by atoms with Gasteiger partial charge in [0.05, 0.1) is 0 Å². The minimum Gasteiger partial charge on any atom is -0.357 e. The maximum Gasteiger partial charge on any atom is 0.191 e. The molecule has 0 amide bonds. The van der Waals surface area contributed by atoms with Gasteiger partial charge in [0.15, 0.2) is 5.96 Å². The van der Waals surface area contributed by atoms with Crippen LogP contribution in [0.25, 0.3) is 0 Å². The largest absolute Gasteiger partial charge is 0.357 e. The lowest BCUT2D eigenvalue weighted by molar-refractivity contribution is 0.324. The zero-order valence-corrected chi connectivity index (χ0v) is 16.5. The van der Waals surface area contributed by atoms with Gasteiger partial charge in [0.1, 0.15) is 5.82 Å². The quantitative estimate of drug-likeness (QED) is 0.637. The monoisotopic (exact) mass is 357 g/mol. The van der Waals surface area contributed by atoms with Crippen LogP contribution < -0.4 is 15.5 Å². The van der Waals surface area contributed by atoms with Crippen molar-refractivity contribution in [3.05, 3.63) is 23.9 Å². The Balaban J connectivity index is 1.53. The molecular formula is C21H35N5. The second-order valence-corrected chi connectivity index (χ2v) is 7.96. The van der Waals surface area contributed by atoms with Gasteiger partial charge in [-0.05, 0) is 49.3 Å². The predicted molar refractivity (Wildman–Crippen MR) is 110 cm³/mol. The summed E-state index contributed by atoms with van der Waals surface area (Å²) in [4.78, 5) is 11.5. The highest BCUT2D eigenvalue weighted by molar-refractivity contribution is 5.80. The van der Waals surface area contributed by atoms with Crippen molar-refractivity contribution in [2.45, 2.75) is 70.9 Å². The molecule has 1 aromatic rings. The molecule has 1 saturated heterocycles. The molecule has 5 nitrogen and oxygen atoms in total. The molecule has 3 rings (SSSR count). The average molecular weight is 358 g/mol. The van der Waals surface area contributed by atoms with Crippen LogP contribution in [-0.4, -0.2) is 37.1 Å². The Morgan fingerprint density at radius 1 is 1.19 bits per heavy atom. The number of guanidine groups is 1. The van der Waals surface area contributed by atoms with Crippen LogP contribution in [0.4, 0.5) is 5.82 Å². The van der Waals surface area contributed by atoms with Gasteiger partial charge in [-0.3, -0.25) is 4.99 Å². The molecule has 144 valence electrons.